The van der Waals surface area contributed by atoms with Crippen LogP contribution in [0.5, 0.6) is 0 Å². The molecular weight excluding hydrogens is 575 g/mol. The first-order chi connectivity index (χ1) is 20.3. The number of carbonyl (C=O) groups excluding carboxylic acids is 3. The van der Waals surface area contributed by atoms with E-state index in [9.17, 15) is 19.5 Å². The second-order valence-electron chi connectivity index (χ2n) is 11.3. The van der Waals surface area contributed by atoms with E-state index in [-0.39, 0.29) is 29.4 Å². The molecule has 0 radical (unpaired) electrons. The summed E-state index contributed by atoms with van der Waals surface area (Å²) in [6, 6.07) is 15.8. The number of piperidine rings is 2. The van der Waals surface area contributed by atoms with Crippen molar-refractivity contribution in [2.24, 2.45) is 11.8 Å². The summed E-state index contributed by atoms with van der Waals surface area (Å²) in [6.45, 7) is 3.40. The third-order valence-corrected chi connectivity index (χ3v) is 9.09. The number of pyridine rings is 1. The Morgan fingerprint density at radius 3 is 2.24 bits per heavy atom. The van der Waals surface area contributed by atoms with Crippen molar-refractivity contribution in [1.82, 2.24) is 14.8 Å². The van der Waals surface area contributed by atoms with Crippen LogP contribution < -0.4 is 4.90 Å². The number of anilines is 1. The number of likely N-dealkylation sites (tertiary alicyclic amines) is 2. The minimum atomic E-state index is -1.06. The highest BCUT2D eigenvalue weighted by atomic mass is 35.5. The number of halogens is 2. The number of Topliss-reactive ketones (excluding diaryl/α,β-unsaturated/α-hetero) is 1. The van der Waals surface area contributed by atoms with Gasteiger partial charge in [0.2, 0.25) is 5.91 Å². The lowest BCUT2D eigenvalue weighted by molar-refractivity contribution is -0.138. The van der Waals surface area contributed by atoms with E-state index < -0.39 is 6.23 Å². The smallest absolute Gasteiger partial charge is 0.262 e. The second-order valence-corrected chi connectivity index (χ2v) is 12.2. The van der Waals surface area contributed by atoms with E-state index in [1.807, 2.05) is 17.0 Å². The van der Waals surface area contributed by atoms with Crippen molar-refractivity contribution in [3.8, 4) is 0 Å². The van der Waals surface area contributed by atoms with E-state index in [0.717, 1.165) is 31.5 Å². The van der Waals surface area contributed by atoms with Crippen molar-refractivity contribution in [1.29, 1.82) is 0 Å². The Morgan fingerprint density at radius 2 is 1.55 bits per heavy atom. The molecule has 2 aromatic carbocycles. The summed E-state index contributed by atoms with van der Waals surface area (Å²) in [5, 5.41) is 11.7. The number of nitrogens with zero attached hydrogens (tertiary/aromatic N) is 4. The molecule has 0 spiro atoms. The highest BCUT2D eigenvalue weighted by molar-refractivity contribution is 6.35. The Morgan fingerprint density at radius 1 is 0.881 bits per heavy atom. The summed E-state index contributed by atoms with van der Waals surface area (Å²) in [6.07, 6.45) is 3.43. The number of aliphatic hydroxyl groups is 1. The van der Waals surface area contributed by atoms with Crippen LogP contribution in [0.1, 0.15) is 63.8 Å². The zero-order valence-electron chi connectivity index (χ0n) is 23.1. The van der Waals surface area contributed by atoms with Crippen molar-refractivity contribution < 1.29 is 19.5 Å². The van der Waals surface area contributed by atoms with Gasteiger partial charge in [-0.05, 0) is 80.7 Å². The molecule has 2 amide bonds. The summed E-state index contributed by atoms with van der Waals surface area (Å²) in [5.74, 6) is 0.215. The third kappa shape index (κ3) is 5.81. The molecule has 3 aromatic rings. The van der Waals surface area contributed by atoms with Crippen LogP contribution in [-0.4, -0.2) is 63.7 Å². The number of rotatable bonds is 6. The summed E-state index contributed by atoms with van der Waals surface area (Å²) >= 11 is 12.2. The highest BCUT2D eigenvalue weighted by Gasteiger charge is 2.37. The maximum Gasteiger partial charge on any atom is 0.262 e. The van der Waals surface area contributed by atoms with E-state index in [1.54, 1.807) is 48.7 Å². The maximum absolute atomic E-state index is 13.3. The van der Waals surface area contributed by atoms with Crippen LogP contribution in [0.15, 0.2) is 60.8 Å². The van der Waals surface area contributed by atoms with Gasteiger partial charge in [-0.2, -0.15) is 0 Å². The van der Waals surface area contributed by atoms with Crippen LogP contribution >= 0.6 is 23.2 Å². The van der Waals surface area contributed by atoms with E-state index in [1.165, 1.54) is 4.90 Å². The average Bonchev–Trinajstić information content (AvgIpc) is 3.26. The Balaban J connectivity index is 1.00. The standard InChI is InChI=1S/C32H32Cl2N4O4/c33-24-16-23(17-25(34)18-24)29(39)21-8-13-37(14-9-21)30(40)22-6-11-36(12-7-22)19-20-5-10-35-28(15-20)38-31(41)26-3-1-2-4-27(26)32(38)42/h1-5,10,15-18,21-22,31,41H,6-9,11-14,19H2. The zero-order valence-corrected chi connectivity index (χ0v) is 24.6. The van der Waals surface area contributed by atoms with Crippen LogP contribution in [-0.2, 0) is 11.3 Å². The first kappa shape index (κ1) is 28.8. The van der Waals surface area contributed by atoms with E-state index in [2.05, 4.69) is 9.88 Å². The fourth-order valence-electron chi connectivity index (χ4n) is 6.37. The summed E-state index contributed by atoms with van der Waals surface area (Å²) in [7, 11) is 0. The van der Waals surface area contributed by atoms with Gasteiger partial charge >= 0.3 is 0 Å². The minimum Gasteiger partial charge on any atom is -0.369 e. The van der Waals surface area contributed by atoms with Crippen molar-refractivity contribution >= 4 is 46.6 Å². The van der Waals surface area contributed by atoms with Crippen LogP contribution in [0.3, 0.4) is 0 Å². The first-order valence-corrected chi connectivity index (χ1v) is 15.1. The number of aliphatic hydroxyl groups excluding tert-OH is 1. The predicted octanol–water partition coefficient (Wildman–Crippen LogP) is 5.37. The van der Waals surface area contributed by atoms with Gasteiger partial charge in [0.05, 0.1) is 0 Å². The lowest BCUT2D eigenvalue weighted by Crippen LogP contribution is -2.46. The molecule has 218 valence electrons. The molecule has 1 N–H and O–H groups in total. The summed E-state index contributed by atoms with van der Waals surface area (Å²) in [5.41, 5.74) is 2.60. The maximum atomic E-state index is 13.3. The predicted molar refractivity (Wildman–Crippen MR) is 161 cm³/mol. The van der Waals surface area contributed by atoms with Gasteiger partial charge in [0.25, 0.3) is 5.91 Å². The first-order valence-electron chi connectivity index (χ1n) is 14.4. The molecule has 3 aliphatic rings. The third-order valence-electron chi connectivity index (χ3n) is 8.66. The largest absolute Gasteiger partial charge is 0.369 e. The van der Waals surface area contributed by atoms with Gasteiger partial charge in [-0.25, -0.2) is 4.98 Å². The number of carbonyl (C=O) groups is 3. The number of amides is 2. The average molecular weight is 608 g/mol. The van der Waals surface area contributed by atoms with Crippen LogP contribution in [0.2, 0.25) is 10.0 Å². The van der Waals surface area contributed by atoms with Crippen molar-refractivity contribution in [3.63, 3.8) is 0 Å². The monoisotopic (exact) mass is 606 g/mol. The molecule has 2 fully saturated rings. The number of benzene rings is 2. The SMILES string of the molecule is O=C(c1cc(Cl)cc(Cl)c1)C1CCN(C(=O)C2CCN(Cc3ccnc(N4C(=O)c5ccccc5C4O)c3)CC2)CC1. The van der Waals surface area contributed by atoms with Gasteiger partial charge in [0.1, 0.15) is 5.82 Å². The molecule has 1 aromatic heterocycles. The van der Waals surface area contributed by atoms with E-state index in [0.29, 0.717) is 65.0 Å². The molecule has 3 aliphatic heterocycles. The van der Waals surface area contributed by atoms with Gasteiger partial charge in [-0.1, -0.05) is 41.4 Å². The quantitative estimate of drug-likeness (QED) is 0.379. The normalized spacial score (nSPS) is 20.2. The van der Waals surface area contributed by atoms with Gasteiger partial charge in [0.15, 0.2) is 12.0 Å². The molecule has 8 nitrogen and oxygen atoms in total. The molecule has 4 heterocycles. The molecule has 0 bridgehead atoms. The van der Waals surface area contributed by atoms with Crippen LogP contribution in [0, 0.1) is 11.8 Å². The van der Waals surface area contributed by atoms with Crippen molar-refractivity contribution in [2.75, 3.05) is 31.1 Å². The lowest BCUT2D eigenvalue weighted by atomic mass is 9.87. The second kappa shape index (κ2) is 12.1. The Hall–Kier alpha value is -3.30. The number of fused-ring (bicyclic) bond motifs is 1. The zero-order chi connectivity index (χ0) is 29.4. The lowest BCUT2D eigenvalue weighted by Gasteiger charge is -2.37. The number of ketones is 1. The molecular formula is C32H32Cl2N4O4. The summed E-state index contributed by atoms with van der Waals surface area (Å²) < 4.78 is 0. The van der Waals surface area contributed by atoms with Gasteiger partial charge in [-0.3, -0.25) is 24.2 Å². The fourth-order valence-corrected chi connectivity index (χ4v) is 6.89. The van der Waals surface area contributed by atoms with Gasteiger partial charge in [0, 0.05) is 64.4 Å². The Labute approximate surface area is 254 Å². The molecule has 1 atom stereocenters. The Bertz CT molecular complexity index is 1500. The van der Waals surface area contributed by atoms with Crippen LogP contribution in [0.4, 0.5) is 5.82 Å². The van der Waals surface area contributed by atoms with Crippen molar-refractivity contribution in [2.45, 2.75) is 38.5 Å². The number of aromatic nitrogens is 1. The number of hydrogen-bond donors (Lipinski definition) is 1. The Kier molecular flexibility index (Phi) is 8.32. The van der Waals surface area contributed by atoms with Crippen molar-refractivity contribution in [3.05, 3.63) is 93.1 Å². The molecule has 6 rings (SSSR count). The molecule has 42 heavy (non-hydrogen) atoms. The minimum absolute atomic E-state index is 0.0240. The topological polar surface area (TPSA) is 94.1 Å². The van der Waals surface area contributed by atoms with E-state index in [4.69, 9.17) is 23.2 Å². The van der Waals surface area contributed by atoms with Gasteiger partial charge < -0.3 is 10.0 Å². The molecule has 2 saturated heterocycles. The molecule has 0 saturated carbocycles. The van der Waals surface area contributed by atoms with Gasteiger partial charge in [-0.15, -0.1) is 0 Å². The summed E-state index contributed by atoms with van der Waals surface area (Å²) in [4.78, 5) is 49.2. The van der Waals surface area contributed by atoms with Crippen LogP contribution in [0.25, 0.3) is 0 Å². The highest BCUT2D eigenvalue weighted by Crippen LogP contribution is 2.35. The fraction of sp³-hybridized carbons (Fsp3) is 0.375. The molecule has 0 aliphatic carbocycles. The number of hydrogen-bond acceptors (Lipinski definition) is 6. The molecule has 1 unspecified atom stereocenters. The molecule has 10 heteroatoms. The van der Waals surface area contributed by atoms with E-state index >= 15 is 0 Å².